The standard InChI is InChI=1S/C15H11BrN2O4/c16-10-3-1-9(2-4-10)13-7-14(18-22-13)21-11-5-6-12(15(19)20)17-8-11/h1-8,13,18H,(H,19,20). The largest absolute Gasteiger partial charge is 0.477 e. The van der Waals surface area contributed by atoms with Crippen molar-refractivity contribution in [1.29, 1.82) is 0 Å². The number of nitrogens with zero attached hydrogens (tertiary/aromatic N) is 1. The van der Waals surface area contributed by atoms with Gasteiger partial charge in [-0.3, -0.25) is 4.84 Å². The fourth-order valence-electron chi connectivity index (χ4n) is 1.89. The van der Waals surface area contributed by atoms with Crippen LogP contribution in [0.1, 0.15) is 22.2 Å². The van der Waals surface area contributed by atoms with Crippen molar-refractivity contribution < 1.29 is 19.5 Å². The number of hydrogen-bond acceptors (Lipinski definition) is 5. The van der Waals surface area contributed by atoms with E-state index < -0.39 is 5.97 Å². The molecule has 6 nitrogen and oxygen atoms in total. The van der Waals surface area contributed by atoms with Crippen molar-refractivity contribution in [2.24, 2.45) is 0 Å². The minimum atomic E-state index is -1.08. The lowest BCUT2D eigenvalue weighted by molar-refractivity contribution is 0.0273. The summed E-state index contributed by atoms with van der Waals surface area (Å²) in [4.78, 5) is 19.9. The molecule has 0 spiro atoms. The van der Waals surface area contributed by atoms with Gasteiger partial charge in [0.05, 0.1) is 6.20 Å². The van der Waals surface area contributed by atoms with E-state index in [0.29, 0.717) is 11.6 Å². The van der Waals surface area contributed by atoms with E-state index in [1.54, 1.807) is 6.08 Å². The molecule has 1 unspecified atom stereocenters. The van der Waals surface area contributed by atoms with Crippen molar-refractivity contribution in [3.63, 3.8) is 0 Å². The minimum Gasteiger partial charge on any atom is -0.477 e. The Morgan fingerprint density at radius 3 is 2.68 bits per heavy atom. The molecule has 2 heterocycles. The van der Waals surface area contributed by atoms with E-state index in [0.717, 1.165) is 10.0 Å². The van der Waals surface area contributed by atoms with Gasteiger partial charge in [-0.25, -0.2) is 15.3 Å². The first kappa shape index (κ1) is 14.6. The molecule has 2 aromatic rings. The molecule has 0 saturated carbocycles. The molecule has 1 aliphatic heterocycles. The molecule has 3 rings (SSSR count). The van der Waals surface area contributed by atoms with E-state index in [9.17, 15) is 4.79 Å². The average molecular weight is 363 g/mol. The average Bonchev–Trinajstić information content (AvgIpc) is 2.97. The molecule has 0 amide bonds. The van der Waals surface area contributed by atoms with Crippen molar-refractivity contribution in [3.8, 4) is 5.75 Å². The lowest BCUT2D eigenvalue weighted by atomic mass is 10.1. The van der Waals surface area contributed by atoms with Crippen LogP contribution in [0.2, 0.25) is 0 Å². The summed E-state index contributed by atoms with van der Waals surface area (Å²) in [5.41, 5.74) is 3.63. The number of hydrogen-bond donors (Lipinski definition) is 2. The van der Waals surface area contributed by atoms with Gasteiger partial charge in [0.25, 0.3) is 0 Å². The monoisotopic (exact) mass is 362 g/mol. The highest BCUT2D eigenvalue weighted by molar-refractivity contribution is 9.10. The Bertz CT molecular complexity index is 713. The van der Waals surface area contributed by atoms with E-state index in [4.69, 9.17) is 14.7 Å². The Balaban J connectivity index is 1.69. The van der Waals surface area contributed by atoms with Gasteiger partial charge in [-0.2, -0.15) is 0 Å². The fraction of sp³-hybridized carbons (Fsp3) is 0.0667. The Hall–Kier alpha value is -2.38. The molecule has 1 aliphatic rings. The maximum atomic E-state index is 10.7. The van der Waals surface area contributed by atoms with Crippen LogP contribution in [0.5, 0.6) is 5.75 Å². The number of carbonyl (C=O) groups is 1. The number of carboxylic acids is 1. The summed E-state index contributed by atoms with van der Waals surface area (Å²) in [6, 6.07) is 10.7. The van der Waals surface area contributed by atoms with Crippen molar-refractivity contribution in [1.82, 2.24) is 10.5 Å². The van der Waals surface area contributed by atoms with Crippen LogP contribution in [0.15, 0.2) is 59.0 Å². The number of aromatic carboxylic acids is 1. The van der Waals surface area contributed by atoms with E-state index in [-0.39, 0.29) is 11.8 Å². The van der Waals surface area contributed by atoms with E-state index in [2.05, 4.69) is 26.4 Å². The van der Waals surface area contributed by atoms with Crippen LogP contribution in [0.3, 0.4) is 0 Å². The highest BCUT2D eigenvalue weighted by Crippen LogP contribution is 2.26. The molecule has 112 valence electrons. The van der Waals surface area contributed by atoms with Crippen LogP contribution < -0.4 is 10.2 Å². The summed E-state index contributed by atoms with van der Waals surface area (Å²) in [6.07, 6.45) is 2.88. The summed E-state index contributed by atoms with van der Waals surface area (Å²) in [7, 11) is 0. The minimum absolute atomic E-state index is 0.0373. The van der Waals surface area contributed by atoms with Gasteiger partial charge in [0.15, 0.2) is 0 Å². The predicted molar refractivity (Wildman–Crippen MR) is 81.0 cm³/mol. The topological polar surface area (TPSA) is 80.7 Å². The lowest BCUT2D eigenvalue weighted by Crippen LogP contribution is -2.12. The van der Waals surface area contributed by atoms with Crippen molar-refractivity contribution >= 4 is 21.9 Å². The second-order valence-corrected chi connectivity index (χ2v) is 5.43. The lowest BCUT2D eigenvalue weighted by Gasteiger charge is -2.07. The molecule has 2 N–H and O–H groups in total. The normalized spacial score (nSPS) is 16.8. The molecule has 1 aromatic carbocycles. The molecule has 0 fully saturated rings. The molecule has 7 heteroatoms. The Kier molecular flexibility index (Phi) is 4.08. The molecular weight excluding hydrogens is 352 g/mol. The van der Waals surface area contributed by atoms with Crippen LogP contribution in [0, 0.1) is 0 Å². The Morgan fingerprint density at radius 2 is 2.05 bits per heavy atom. The summed E-state index contributed by atoms with van der Waals surface area (Å²) >= 11 is 3.38. The number of benzene rings is 1. The maximum absolute atomic E-state index is 10.7. The molecule has 0 radical (unpaired) electrons. The Morgan fingerprint density at radius 1 is 1.27 bits per heavy atom. The summed E-state index contributed by atoms with van der Waals surface area (Å²) in [6.45, 7) is 0. The number of nitrogens with one attached hydrogen (secondary N) is 1. The third-order valence-corrected chi connectivity index (χ3v) is 3.50. The van der Waals surface area contributed by atoms with Gasteiger partial charge in [-0.15, -0.1) is 0 Å². The zero-order valence-corrected chi connectivity index (χ0v) is 12.8. The fourth-order valence-corrected chi connectivity index (χ4v) is 2.16. The quantitative estimate of drug-likeness (QED) is 0.869. The number of rotatable bonds is 4. The second-order valence-electron chi connectivity index (χ2n) is 4.51. The molecule has 0 saturated heterocycles. The molecule has 1 atom stereocenters. The first-order chi connectivity index (χ1) is 10.6. The van der Waals surface area contributed by atoms with Crippen LogP contribution >= 0.6 is 15.9 Å². The van der Waals surface area contributed by atoms with E-state index in [1.165, 1.54) is 18.3 Å². The third kappa shape index (κ3) is 3.26. The van der Waals surface area contributed by atoms with Gasteiger partial charge < -0.3 is 9.84 Å². The van der Waals surface area contributed by atoms with Crippen molar-refractivity contribution in [2.45, 2.75) is 6.10 Å². The number of carboxylic acid groups (broad SMARTS) is 1. The van der Waals surface area contributed by atoms with Crippen LogP contribution in [0.4, 0.5) is 0 Å². The van der Waals surface area contributed by atoms with Gasteiger partial charge >= 0.3 is 5.97 Å². The predicted octanol–water partition coefficient (Wildman–Crippen LogP) is 3.04. The number of hydroxylamine groups is 1. The number of aromatic nitrogens is 1. The van der Waals surface area contributed by atoms with Crippen LogP contribution in [-0.2, 0) is 4.84 Å². The Labute approximate surface area is 134 Å². The van der Waals surface area contributed by atoms with Crippen LogP contribution in [0.25, 0.3) is 0 Å². The third-order valence-electron chi connectivity index (χ3n) is 2.97. The second kappa shape index (κ2) is 6.17. The summed E-state index contributed by atoms with van der Waals surface area (Å²) < 4.78 is 6.54. The van der Waals surface area contributed by atoms with Gasteiger partial charge in [0.2, 0.25) is 5.88 Å². The first-order valence-electron chi connectivity index (χ1n) is 6.38. The van der Waals surface area contributed by atoms with Crippen molar-refractivity contribution in [2.75, 3.05) is 0 Å². The van der Waals surface area contributed by atoms with E-state index >= 15 is 0 Å². The van der Waals surface area contributed by atoms with Crippen molar-refractivity contribution in [3.05, 3.63) is 70.3 Å². The number of ether oxygens (including phenoxy) is 1. The number of pyridine rings is 1. The van der Waals surface area contributed by atoms with Crippen LogP contribution in [-0.4, -0.2) is 16.1 Å². The van der Waals surface area contributed by atoms with Gasteiger partial charge in [0.1, 0.15) is 17.5 Å². The zero-order valence-electron chi connectivity index (χ0n) is 11.2. The van der Waals surface area contributed by atoms with Gasteiger partial charge in [-0.05, 0) is 29.8 Å². The molecule has 0 bridgehead atoms. The number of halogens is 1. The van der Waals surface area contributed by atoms with Gasteiger partial charge in [-0.1, -0.05) is 28.1 Å². The molecular formula is C15H11BrN2O4. The van der Waals surface area contributed by atoms with E-state index in [1.807, 2.05) is 24.3 Å². The maximum Gasteiger partial charge on any atom is 0.354 e. The smallest absolute Gasteiger partial charge is 0.354 e. The molecule has 1 aromatic heterocycles. The highest BCUT2D eigenvalue weighted by Gasteiger charge is 2.20. The van der Waals surface area contributed by atoms with Gasteiger partial charge in [0, 0.05) is 10.5 Å². The summed E-state index contributed by atoms with van der Waals surface area (Å²) in [5.74, 6) is -0.231. The summed E-state index contributed by atoms with van der Waals surface area (Å²) in [5, 5.41) is 8.79. The molecule has 0 aliphatic carbocycles. The zero-order chi connectivity index (χ0) is 15.5. The molecule has 22 heavy (non-hydrogen) atoms. The first-order valence-corrected chi connectivity index (χ1v) is 7.17. The highest BCUT2D eigenvalue weighted by atomic mass is 79.9. The SMILES string of the molecule is O=C(O)c1ccc(OC2=CC(c3ccc(Br)cc3)ON2)cn1.